The number of pyridine rings is 2. The highest BCUT2D eigenvalue weighted by Crippen LogP contribution is 2.24. The topological polar surface area (TPSA) is 99.8 Å². The summed E-state index contributed by atoms with van der Waals surface area (Å²) in [5, 5.41) is 18.9. The molecule has 3 heterocycles. The predicted octanol–water partition coefficient (Wildman–Crippen LogP) is 3.34. The van der Waals surface area contributed by atoms with Gasteiger partial charge in [0.05, 0.1) is 17.0 Å². The number of carboxylic acid groups (broad SMARTS) is 1. The van der Waals surface area contributed by atoms with E-state index in [2.05, 4.69) is 15.0 Å². The van der Waals surface area contributed by atoms with Crippen molar-refractivity contribution in [1.29, 1.82) is 5.26 Å². The van der Waals surface area contributed by atoms with Gasteiger partial charge in [-0.3, -0.25) is 4.98 Å². The van der Waals surface area contributed by atoms with E-state index in [1.165, 1.54) is 23.5 Å². The van der Waals surface area contributed by atoms with Gasteiger partial charge >= 0.3 is 5.97 Å². The van der Waals surface area contributed by atoms with Crippen LogP contribution in [0.3, 0.4) is 0 Å². The van der Waals surface area contributed by atoms with Crippen LogP contribution in [0.5, 0.6) is 0 Å². The minimum atomic E-state index is -1.13. The van der Waals surface area contributed by atoms with Gasteiger partial charge < -0.3 is 5.11 Å². The lowest BCUT2D eigenvalue weighted by Gasteiger charge is -1.99. The zero-order valence-corrected chi connectivity index (χ0v) is 13.1. The predicted molar refractivity (Wildman–Crippen MR) is 90.2 cm³/mol. The quantitative estimate of drug-likeness (QED) is 0.785. The fourth-order valence-electron chi connectivity index (χ4n) is 1.95. The molecule has 0 aliphatic carbocycles. The van der Waals surface area contributed by atoms with Crippen LogP contribution in [-0.2, 0) is 0 Å². The first-order valence-electron chi connectivity index (χ1n) is 6.87. The van der Waals surface area contributed by atoms with Gasteiger partial charge in [-0.25, -0.2) is 14.8 Å². The standard InChI is InChI=1S/C17H10N4O2S/c18-9-11-4-6-15(17(22)23)21-13(11)7-5-12-10-20-16(24-12)14-3-1-2-8-19-14/h1-8,10H,(H,22,23)/b7-5+. The highest BCUT2D eigenvalue weighted by molar-refractivity contribution is 7.15. The van der Waals surface area contributed by atoms with E-state index in [4.69, 9.17) is 10.4 Å². The van der Waals surface area contributed by atoms with Gasteiger partial charge in [0, 0.05) is 17.3 Å². The van der Waals surface area contributed by atoms with Gasteiger partial charge in [0.15, 0.2) is 0 Å². The van der Waals surface area contributed by atoms with Crippen molar-refractivity contribution in [3.63, 3.8) is 0 Å². The number of thiazole rings is 1. The largest absolute Gasteiger partial charge is 0.477 e. The highest BCUT2D eigenvalue weighted by atomic mass is 32.1. The number of hydrogen-bond donors (Lipinski definition) is 1. The zero-order chi connectivity index (χ0) is 16.9. The number of hydrogen-bond acceptors (Lipinski definition) is 6. The summed E-state index contributed by atoms with van der Waals surface area (Å²) in [4.78, 5) is 24.4. The molecule has 6 nitrogen and oxygen atoms in total. The molecule has 0 aliphatic heterocycles. The summed E-state index contributed by atoms with van der Waals surface area (Å²) in [5.41, 5.74) is 1.30. The third kappa shape index (κ3) is 3.34. The van der Waals surface area contributed by atoms with Crippen molar-refractivity contribution < 1.29 is 9.90 Å². The Morgan fingerprint density at radius 1 is 1.21 bits per heavy atom. The molecule has 0 fully saturated rings. The van der Waals surface area contributed by atoms with Crippen LogP contribution >= 0.6 is 11.3 Å². The molecule has 0 unspecified atom stereocenters. The van der Waals surface area contributed by atoms with E-state index in [1.807, 2.05) is 24.3 Å². The van der Waals surface area contributed by atoms with E-state index in [1.54, 1.807) is 24.5 Å². The maximum absolute atomic E-state index is 11.0. The number of aromatic nitrogens is 3. The van der Waals surface area contributed by atoms with E-state index >= 15 is 0 Å². The van der Waals surface area contributed by atoms with E-state index in [0.717, 1.165) is 15.6 Å². The molecule has 0 spiro atoms. The average molecular weight is 334 g/mol. The number of aromatic carboxylic acids is 1. The number of nitriles is 1. The number of carbonyl (C=O) groups is 1. The number of rotatable bonds is 4. The summed E-state index contributed by atoms with van der Waals surface area (Å²) < 4.78 is 0. The summed E-state index contributed by atoms with van der Waals surface area (Å²) in [7, 11) is 0. The average Bonchev–Trinajstić information content (AvgIpc) is 3.09. The zero-order valence-electron chi connectivity index (χ0n) is 12.2. The molecule has 7 heteroatoms. The molecule has 0 saturated heterocycles. The van der Waals surface area contributed by atoms with Gasteiger partial charge in [-0.05, 0) is 36.4 Å². The Bertz CT molecular complexity index is 958. The Labute approximate surface area is 141 Å². The number of carboxylic acids is 1. The Hall–Kier alpha value is -3.37. The molecule has 0 aliphatic rings. The van der Waals surface area contributed by atoms with Crippen molar-refractivity contribution in [2.75, 3.05) is 0 Å². The fraction of sp³-hybridized carbons (Fsp3) is 0. The molecule has 0 atom stereocenters. The molecular formula is C17H10N4O2S. The molecule has 0 saturated carbocycles. The molecule has 24 heavy (non-hydrogen) atoms. The summed E-state index contributed by atoms with van der Waals surface area (Å²) >= 11 is 1.44. The molecule has 0 amide bonds. The van der Waals surface area contributed by atoms with Crippen LogP contribution in [0.1, 0.15) is 26.6 Å². The Balaban J connectivity index is 1.89. The molecular weight excluding hydrogens is 324 g/mol. The van der Waals surface area contributed by atoms with E-state index in [9.17, 15) is 4.79 Å². The van der Waals surface area contributed by atoms with Gasteiger partial charge in [-0.2, -0.15) is 5.26 Å². The summed E-state index contributed by atoms with van der Waals surface area (Å²) in [6.45, 7) is 0. The van der Waals surface area contributed by atoms with Crippen LogP contribution in [0.25, 0.3) is 22.9 Å². The Morgan fingerprint density at radius 2 is 2.08 bits per heavy atom. The van der Waals surface area contributed by atoms with Gasteiger partial charge in [0.25, 0.3) is 0 Å². The van der Waals surface area contributed by atoms with E-state index < -0.39 is 5.97 Å². The molecule has 3 rings (SSSR count). The second kappa shape index (κ2) is 6.81. The summed E-state index contributed by atoms with van der Waals surface area (Å²) in [5.74, 6) is -1.13. The molecule has 116 valence electrons. The van der Waals surface area contributed by atoms with Crippen molar-refractivity contribution in [3.8, 4) is 16.8 Å². The second-order valence-electron chi connectivity index (χ2n) is 4.66. The van der Waals surface area contributed by atoms with Crippen LogP contribution in [-0.4, -0.2) is 26.0 Å². The Morgan fingerprint density at radius 3 is 2.79 bits per heavy atom. The monoisotopic (exact) mass is 334 g/mol. The normalized spacial score (nSPS) is 10.6. The molecule has 1 N–H and O–H groups in total. The lowest BCUT2D eigenvalue weighted by molar-refractivity contribution is 0.0690. The maximum atomic E-state index is 11.0. The molecule has 0 bridgehead atoms. The van der Waals surface area contributed by atoms with Gasteiger partial charge in [-0.1, -0.05) is 6.07 Å². The second-order valence-corrected chi connectivity index (χ2v) is 5.72. The summed E-state index contributed by atoms with van der Waals surface area (Å²) in [6.07, 6.45) is 6.75. The molecule has 3 aromatic heterocycles. The number of nitrogens with zero attached hydrogens (tertiary/aromatic N) is 4. The van der Waals surface area contributed by atoms with Crippen LogP contribution in [0.15, 0.2) is 42.7 Å². The fourth-order valence-corrected chi connectivity index (χ4v) is 2.74. The summed E-state index contributed by atoms with van der Waals surface area (Å²) in [6, 6.07) is 10.4. The van der Waals surface area contributed by atoms with Crippen molar-refractivity contribution in [3.05, 3.63) is 64.6 Å². The van der Waals surface area contributed by atoms with Gasteiger partial charge in [0.2, 0.25) is 0 Å². The van der Waals surface area contributed by atoms with Crippen LogP contribution in [0.2, 0.25) is 0 Å². The van der Waals surface area contributed by atoms with Gasteiger partial charge in [-0.15, -0.1) is 11.3 Å². The Kier molecular flexibility index (Phi) is 4.40. The van der Waals surface area contributed by atoms with Crippen molar-refractivity contribution in [2.24, 2.45) is 0 Å². The molecule has 3 aromatic rings. The first-order valence-corrected chi connectivity index (χ1v) is 7.69. The van der Waals surface area contributed by atoms with Crippen molar-refractivity contribution >= 4 is 29.5 Å². The third-order valence-electron chi connectivity index (χ3n) is 3.08. The highest BCUT2D eigenvalue weighted by Gasteiger charge is 2.09. The first kappa shape index (κ1) is 15.5. The molecule has 0 radical (unpaired) electrons. The van der Waals surface area contributed by atoms with E-state index in [-0.39, 0.29) is 5.69 Å². The van der Waals surface area contributed by atoms with Gasteiger partial charge in [0.1, 0.15) is 16.8 Å². The molecule has 0 aromatic carbocycles. The smallest absolute Gasteiger partial charge is 0.354 e. The van der Waals surface area contributed by atoms with E-state index in [0.29, 0.717) is 11.3 Å². The first-order chi connectivity index (χ1) is 11.7. The third-order valence-corrected chi connectivity index (χ3v) is 4.06. The lowest BCUT2D eigenvalue weighted by Crippen LogP contribution is -2.02. The van der Waals surface area contributed by atoms with Crippen LogP contribution in [0.4, 0.5) is 0 Å². The maximum Gasteiger partial charge on any atom is 0.354 e. The van der Waals surface area contributed by atoms with Crippen LogP contribution < -0.4 is 0 Å². The van der Waals surface area contributed by atoms with Crippen molar-refractivity contribution in [2.45, 2.75) is 0 Å². The lowest BCUT2D eigenvalue weighted by atomic mass is 10.1. The minimum absolute atomic E-state index is 0.105. The SMILES string of the molecule is N#Cc1ccc(C(=O)O)nc1/C=C/c1cnc(-c2ccccn2)s1. The van der Waals surface area contributed by atoms with Crippen molar-refractivity contribution in [1.82, 2.24) is 15.0 Å². The van der Waals surface area contributed by atoms with Crippen LogP contribution in [0, 0.1) is 11.3 Å². The minimum Gasteiger partial charge on any atom is -0.477 e.